The molecule has 0 aromatic carbocycles. The van der Waals surface area contributed by atoms with Gasteiger partial charge < -0.3 is 19.8 Å². The zero-order valence-electron chi connectivity index (χ0n) is 15.5. The molecule has 1 aromatic heterocycles. The maximum atomic E-state index is 12.3. The van der Waals surface area contributed by atoms with Crippen LogP contribution < -0.4 is 10.6 Å². The van der Waals surface area contributed by atoms with Crippen molar-refractivity contribution in [2.75, 3.05) is 6.54 Å². The van der Waals surface area contributed by atoms with Crippen molar-refractivity contribution < 1.29 is 18.7 Å². The Morgan fingerprint density at radius 1 is 1.28 bits per heavy atom. The number of carbonyl (C=O) groups is 2. The number of nitrogens with one attached hydrogen (secondary N) is 2. The number of hydrogen-bond acceptors (Lipinski definition) is 4. The minimum atomic E-state index is -0.542. The highest BCUT2D eigenvalue weighted by molar-refractivity contribution is 5.92. The summed E-state index contributed by atoms with van der Waals surface area (Å²) in [5, 5.41) is 5.84. The summed E-state index contributed by atoms with van der Waals surface area (Å²) < 4.78 is 10.7. The van der Waals surface area contributed by atoms with Gasteiger partial charge in [-0.25, -0.2) is 4.79 Å². The maximum Gasteiger partial charge on any atom is 0.407 e. The second-order valence-electron chi connectivity index (χ2n) is 7.61. The van der Waals surface area contributed by atoms with Crippen LogP contribution in [0.5, 0.6) is 0 Å². The number of ether oxygens (including phenoxy) is 1. The van der Waals surface area contributed by atoms with Gasteiger partial charge in [-0.1, -0.05) is 12.8 Å². The number of alkyl carbamates (subject to hydrolysis) is 1. The van der Waals surface area contributed by atoms with E-state index in [0.717, 1.165) is 31.4 Å². The van der Waals surface area contributed by atoms with E-state index in [1.54, 1.807) is 6.08 Å². The maximum absolute atomic E-state index is 12.3. The molecule has 1 aliphatic rings. The summed E-state index contributed by atoms with van der Waals surface area (Å²) in [6.45, 7) is 7.68. The summed E-state index contributed by atoms with van der Waals surface area (Å²) in [6, 6.07) is 3.66. The quantitative estimate of drug-likeness (QED) is 0.797. The van der Waals surface area contributed by atoms with Gasteiger partial charge in [0.25, 0.3) is 0 Å². The van der Waals surface area contributed by atoms with Crippen LogP contribution in [0.25, 0.3) is 6.08 Å². The first-order valence-corrected chi connectivity index (χ1v) is 8.71. The third-order valence-electron chi connectivity index (χ3n) is 4.08. The summed E-state index contributed by atoms with van der Waals surface area (Å²) in [5.74, 6) is 1.25. The molecule has 1 heterocycles. The van der Waals surface area contributed by atoms with E-state index in [9.17, 15) is 9.59 Å². The molecular weight excluding hydrogens is 320 g/mol. The smallest absolute Gasteiger partial charge is 0.407 e. The summed E-state index contributed by atoms with van der Waals surface area (Å²) in [4.78, 5) is 24.2. The second-order valence-corrected chi connectivity index (χ2v) is 7.61. The van der Waals surface area contributed by atoms with Crippen LogP contribution in [0.4, 0.5) is 4.79 Å². The van der Waals surface area contributed by atoms with E-state index in [2.05, 4.69) is 10.6 Å². The molecule has 1 saturated carbocycles. The van der Waals surface area contributed by atoms with E-state index >= 15 is 0 Å². The fourth-order valence-electron chi connectivity index (χ4n) is 2.96. The van der Waals surface area contributed by atoms with E-state index < -0.39 is 17.2 Å². The number of carbonyl (C=O) groups excluding carboxylic acids is 2. The molecule has 0 radical (unpaired) electrons. The van der Waals surface area contributed by atoms with Gasteiger partial charge in [0.1, 0.15) is 17.1 Å². The molecule has 6 heteroatoms. The summed E-state index contributed by atoms with van der Waals surface area (Å²) >= 11 is 0. The number of amides is 2. The molecule has 0 spiro atoms. The number of furan rings is 1. The Labute approximate surface area is 149 Å². The summed E-state index contributed by atoms with van der Waals surface area (Å²) in [5.41, 5.74) is -0.961. The lowest BCUT2D eigenvalue weighted by Gasteiger charge is -2.30. The lowest BCUT2D eigenvalue weighted by molar-refractivity contribution is -0.118. The molecule has 25 heavy (non-hydrogen) atoms. The van der Waals surface area contributed by atoms with Gasteiger partial charge in [-0.15, -0.1) is 0 Å². The van der Waals surface area contributed by atoms with Crippen LogP contribution in [0.15, 0.2) is 22.6 Å². The van der Waals surface area contributed by atoms with Gasteiger partial charge in [-0.05, 0) is 58.7 Å². The third kappa shape index (κ3) is 6.29. The number of aryl methyl sites for hydroxylation is 1. The monoisotopic (exact) mass is 348 g/mol. The molecule has 0 atom stereocenters. The molecule has 0 saturated heterocycles. The Bertz CT molecular complexity index is 634. The average molecular weight is 348 g/mol. The minimum Gasteiger partial charge on any atom is -0.462 e. The van der Waals surface area contributed by atoms with E-state index in [-0.39, 0.29) is 5.91 Å². The van der Waals surface area contributed by atoms with Gasteiger partial charge in [0.2, 0.25) is 5.91 Å². The normalized spacial score (nSPS) is 16.8. The molecule has 1 aliphatic carbocycles. The van der Waals surface area contributed by atoms with Gasteiger partial charge in [0.15, 0.2) is 0 Å². The summed E-state index contributed by atoms with van der Waals surface area (Å²) in [6.07, 6.45) is 6.37. The Balaban J connectivity index is 1.91. The predicted octanol–water partition coefficient (Wildman–Crippen LogP) is 3.55. The van der Waals surface area contributed by atoms with Crippen LogP contribution in [0.1, 0.15) is 58.0 Å². The average Bonchev–Trinajstić information content (AvgIpc) is 3.11. The second kappa shape index (κ2) is 7.76. The van der Waals surface area contributed by atoms with E-state index in [4.69, 9.17) is 9.15 Å². The lowest BCUT2D eigenvalue weighted by Crippen LogP contribution is -2.54. The molecule has 0 aliphatic heterocycles. The zero-order chi connectivity index (χ0) is 18.5. The van der Waals surface area contributed by atoms with E-state index in [0.29, 0.717) is 12.3 Å². The molecule has 2 N–H and O–H groups in total. The Kier molecular flexibility index (Phi) is 5.93. The first-order valence-electron chi connectivity index (χ1n) is 8.71. The van der Waals surface area contributed by atoms with Crippen LogP contribution in [0.2, 0.25) is 0 Å². The van der Waals surface area contributed by atoms with Crippen LogP contribution >= 0.6 is 0 Å². The van der Waals surface area contributed by atoms with Crippen molar-refractivity contribution in [1.82, 2.24) is 10.6 Å². The number of hydrogen-bond donors (Lipinski definition) is 2. The molecule has 2 amide bonds. The van der Waals surface area contributed by atoms with Gasteiger partial charge in [0.05, 0.1) is 5.54 Å². The van der Waals surface area contributed by atoms with Crippen LogP contribution in [-0.2, 0) is 9.53 Å². The standard InChI is InChI=1S/C19H28N2O4/c1-14-7-8-15(24-14)9-10-16(22)21-19(11-5-6-12-19)13-20-17(23)25-18(2,3)4/h7-10H,5-6,11-13H2,1-4H3,(H,20,23)(H,21,22). The van der Waals surface area contributed by atoms with Crippen molar-refractivity contribution in [3.05, 3.63) is 29.7 Å². The fraction of sp³-hybridized carbons (Fsp3) is 0.579. The van der Waals surface area contributed by atoms with E-state index in [1.165, 1.54) is 6.08 Å². The van der Waals surface area contributed by atoms with Gasteiger partial charge >= 0.3 is 6.09 Å². The SMILES string of the molecule is Cc1ccc(C=CC(=O)NC2(CNC(=O)OC(C)(C)C)CCCC2)o1. The first-order chi connectivity index (χ1) is 11.7. The van der Waals surface area contributed by atoms with E-state index in [1.807, 2.05) is 39.8 Å². The largest absolute Gasteiger partial charge is 0.462 e. The molecule has 0 unspecified atom stereocenters. The van der Waals surface area contributed by atoms with Crippen molar-refractivity contribution in [3.63, 3.8) is 0 Å². The van der Waals surface area contributed by atoms with Gasteiger partial charge in [-0.3, -0.25) is 4.79 Å². The predicted molar refractivity (Wildman–Crippen MR) is 96.1 cm³/mol. The molecule has 138 valence electrons. The Morgan fingerprint density at radius 2 is 1.96 bits per heavy atom. The highest BCUT2D eigenvalue weighted by Gasteiger charge is 2.35. The van der Waals surface area contributed by atoms with Crippen molar-refractivity contribution >= 4 is 18.1 Å². The third-order valence-corrected chi connectivity index (χ3v) is 4.08. The van der Waals surface area contributed by atoms with Crippen LogP contribution in [0, 0.1) is 6.92 Å². The molecule has 2 rings (SSSR count). The molecule has 1 fully saturated rings. The minimum absolute atomic E-state index is 0.193. The van der Waals surface area contributed by atoms with Crippen molar-refractivity contribution in [1.29, 1.82) is 0 Å². The topological polar surface area (TPSA) is 80.6 Å². The van der Waals surface area contributed by atoms with Crippen molar-refractivity contribution in [2.24, 2.45) is 0 Å². The van der Waals surface area contributed by atoms with Crippen molar-refractivity contribution in [2.45, 2.75) is 64.5 Å². The highest BCUT2D eigenvalue weighted by Crippen LogP contribution is 2.29. The molecule has 1 aromatic rings. The fourth-order valence-corrected chi connectivity index (χ4v) is 2.96. The van der Waals surface area contributed by atoms with Crippen molar-refractivity contribution in [3.8, 4) is 0 Å². The van der Waals surface area contributed by atoms with Gasteiger partial charge in [0, 0.05) is 12.6 Å². The highest BCUT2D eigenvalue weighted by atomic mass is 16.6. The zero-order valence-corrected chi connectivity index (χ0v) is 15.5. The molecule has 0 bridgehead atoms. The van der Waals surface area contributed by atoms with Crippen LogP contribution in [0.3, 0.4) is 0 Å². The molecule has 6 nitrogen and oxygen atoms in total. The number of rotatable bonds is 5. The van der Waals surface area contributed by atoms with Crippen LogP contribution in [-0.4, -0.2) is 29.7 Å². The summed E-state index contributed by atoms with van der Waals surface area (Å²) in [7, 11) is 0. The first kappa shape index (κ1) is 19.1. The lowest BCUT2D eigenvalue weighted by atomic mass is 9.97. The molecular formula is C19H28N2O4. The Morgan fingerprint density at radius 3 is 2.52 bits per heavy atom. The van der Waals surface area contributed by atoms with Gasteiger partial charge in [-0.2, -0.15) is 0 Å². The Hall–Kier alpha value is -2.24.